The standard InChI is InChI=1S/C20H25N5OS/c1-19(2)8-5-9-20(3,4)25(19)26-16-7-11-21-23-18(16)17-13-15(14-27-17)24-12-6-10-22-24/h6-7,10-14H,5,8-9H2,1-4H3. The summed E-state index contributed by atoms with van der Waals surface area (Å²) < 4.78 is 1.84. The summed E-state index contributed by atoms with van der Waals surface area (Å²) in [7, 11) is 0. The quantitative estimate of drug-likeness (QED) is 0.652. The van der Waals surface area contributed by atoms with E-state index in [4.69, 9.17) is 4.84 Å². The van der Waals surface area contributed by atoms with Crippen LogP contribution in [0.2, 0.25) is 0 Å². The van der Waals surface area contributed by atoms with Gasteiger partial charge in [0, 0.05) is 23.8 Å². The zero-order chi connectivity index (χ0) is 19.1. The number of hydroxylamine groups is 2. The SMILES string of the molecule is CC1(C)CCCC(C)(C)N1Oc1ccnnc1-c1cc(-n2cccn2)cs1. The molecule has 0 aromatic carbocycles. The molecule has 27 heavy (non-hydrogen) atoms. The highest BCUT2D eigenvalue weighted by atomic mass is 32.1. The molecule has 1 saturated heterocycles. The maximum absolute atomic E-state index is 6.49. The summed E-state index contributed by atoms with van der Waals surface area (Å²) >= 11 is 1.62. The lowest BCUT2D eigenvalue weighted by Crippen LogP contribution is -2.60. The summed E-state index contributed by atoms with van der Waals surface area (Å²) in [5.41, 5.74) is 1.68. The maximum atomic E-state index is 6.49. The molecule has 7 heteroatoms. The van der Waals surface area contributed by atoms with Crippen molar-refractivity contribution in [1.29, 1.82) is 0 Å². The first-order valence-electron chi connectivity index (χ1n) is 9.26. The van der Waals surface area contributed by atoms with Gasteiger partial charge in [0.1, 0.15) is 5.69 Å². The van der Waals surface area contributed by atoms with Crippen molar-refractivity contribution in [2.75, 3.05) is 0 Å². The molecule has 1 fully saturated rings. The Bertz CT molecular complexity index is 900. The van der Waals surface area contributed by atoms with Crippen molar-refractivity contribution in [3.05, 3.63) is 42.2 Å². The second-order valence-corrected chi connectivity index (χ2v) is 9.14. The molecule has 1 aliphatic rings. The molecule has 3 aromatic heterocycles. The minimum absolute atomic E-state index is 0.0437. The highest BCUT2D eigenvalue weighted by Crippen LogP contribution is 2.41. The predicted molar refractivity (Wildman–Crippen MR) is 107 cm³/mol. The van der Waals surface area contributed by atoms with Gasteiger partial charge in [0.15, 0.2) is 5.75 Å². The van der Waals surface area contributed by atoms with E-state index in [9.17, 15) is 0 Å². The zero-order valence-corrected chi connectivity index (χ0v) is 17.0. The Morgan fingerprint density at radius 1 is 1.11 bits per heavy atom. The van der Waals surface area contributed by atoms with Crippen molar-refractivity contribution in [2.24, 2.45) is 0 Å². The fourth-order valence-corrected chi connectivity index (χ4v) is 4.74. The van der Waals surface area contributed by atoms with Crippen molar-refractivity contribution in [1.82, 2.24) is 25.0 Å². The second-order valence-electron chi connectivity index (χ2n) is 8.23. The Hall–Kier alpha value is -2.25. The molecule has 1 aliphatic heterocycles. The molecule has 0 aliphatic carbocycles. The van der Waals surface area contributed by atoms with Crippen LogP contribution in [0.5, 0.6) is 5.75 Å². The van der Waals surface area contributed by atoms with Gasteiger partial charge in [0.25, 0.3) is 0 Å². The van der Waals surface area contributed by atoms with Gasteiger partial charge in [-0.2, -0.15) is 10.2 Å². The van der Waals surface area contributed by atoms with E-state index in [1.165, 1.54) is 6.42 Å². The molecule has 0 spiro atoms. The average molecular weight is 384 g/mol. The molecule has 0 radical (unpaired) electrons. The molecule has 0 bridgehead atoms. The van der Waals surface area contributed by atoms with Gasteiger partial charge in [-0.3, -0.25) is 0 Å². The minimum Gasteiger partial charge on any atom is -0.402 e. The van der Waals surface area contributed by atoms with E-state index >= 15 is 0 Å². The van der Waals surface area contributed by atoms with E-state index in [-0.39, 0.29) is 11.1 Å². The Balaban J connectivity index is 1.68. The molecule has 142 valence electrons. The van der Waals surface area contributed by atoms with Crippen molar-refractivity contribution in [3.8, 4) is 22.0 Å². The summed E-state index contributed by atoms with van der Waals surface area (Å²) in [4.78, 5) is 7.50. The molecule has 0 N–H and O–H groups in total. The normalized spacial score (nSPS) is 19.1. The molecule has 4 heterocycles. The average Bonchev–Trinajstić information content (AvgIpc) is 3.29. The van der Waals surface area contributed by atoms with Crippen LogP contribution in [0.15, 0.2) is 42.2 Å². The molecular weight excluding hydrogens is 358 g/mol. The summed E-state index contributed by atoms with van der Waals surface area (Å²) in [6, 6.07) is 5.88. The number of hydrogen-bond donors (Lipinski definition) is 0. The zero-order valence-electron chi connectivity index (χ0n) is 16.2. The van der Waals surface area contributed by atoms with Gasteiger partial charge in [-0.15, -0.1) is 21.5 Å². The van der Waals surface area contributed by atoms with Crippen LogP contribution in [0.25, 0.3) is 16.3 Å². The lowest BCUT2D eigenvalue weighted by atomic mass is 9.82. The van der Waals surface area contributed by atoms with Crippen LogP contribution in [0.4, 0.5) is 0 Å². The Labute approximate surface area is 163 Å². The number of nitrogens with zero attached hydrogens (tertiary/aromatic N) is 5. The summed E-state index contributed by atoms with van der Waals surface area (Å²) in [5, 5.41) is 17.0. The Morgan fingerprint density at radius 3 is 2.59 bits per heavy atom. The number of hydrogen-bond acceptors (Lipinski definition) is 6. The smallest absolute Gasteiger partial charge is 0.178 e. The van der Waals surface area contributed by atoms with Gasteiger partial charge in [-0.05, 0) is 59.1 Å². The van der Waals surface area contributed by atoms with Crippen molar-refractivity contribution >= 4 is 11.3 Å². The van der Waals surface area contributed by atoms with Crippen LogP contribution in [-0.2, 0) is 0 Å². The molecule has 0 amide bonds. The monoisotopic (exact) mass is 383 g/mol. The summed E-state index contributed by atoms with van der Waals surface area (Å²) in [6.07, 6.45) is 8.80. The molecule has 6 nitrogen and oxygen atoms in total. The highest BCUT2D eigenvalue weighted by Gasteiger charge is 2.43. The van der Waals surface area contributed by atoms with Crippen molar-refractivity contribution in [3.63, 3.8) is 0 Å². The van der Waals surface area contributed by atoms with Gasteiger partial charge < -0.3 is 4.84 Å². The Kier molecular flexibility index (Phi) is 4.52. The second kappa shape index (κ2) is 6.73. The maximum Gasteiger partial charge on any atom is 0.178 e. The lowest BCUT2D eigenvalue weighted by molar-refractivity contribution is -0.216. The third kappa shape index (κ3) is 3.49. The molecule has 4 rings (SSSR count). The van der Waals surface area contributed by atoms with E-state index < -0.39 is 0 Å². The van der Waals surface area contributed by atoms with Crippen LogP contribution < -0.4 is 4.84 Å². The Morgan fingerprint density at radius 2 is 1.89 bits per heavy atom. The van der Waals surface area contributed by atoms with E-state index in [2.05, 4.69) is 59.5 Å². The lowest BCUT2D eigenvalue weighted by Gasteiger charge is -2.50. The highest BCUT2D eigenvalue weighted by molar-refractivity contribution is 7.13. The van der Waals surface area contributed by atoms with Crippen LogP contribution in [-0.4, -0.2) is 36.1 Å². The number of aromatic nitrogens is 4. The first kappa shape index (κ1) is 18.1. The molecule has 0 atom stereocenters. The predicted octanol–water partition coefficient (Wildman–Crippen LogP) is 4.73. The number of rotatable bonds is 4. The van der Waals surface area contributed by atoms with Gasteiger partial charge >= 0.3 is 0 Å². The van der Waals surface area contributed by atoms with E-state index in [1.54, 1.807) is 23.7 Å². The molecule has 0 unspecified atom stereocenters. The number of piperidine rings is 1. The first-order chi connectivity index (χ1) is 12.9. The van der Waals surface area contributed by atoms with Crippen LogP contribution in [0.1, 0.15) is 47.0 Å². The molecule has 3 aromatic rings. The molecule has 0 saturated carbocycles. The van der Waals surface area contributed by atoms with Crippen molar-refractivity contribution in [2.45, 2.75) is 58.0 Å². The number of thiophene rings is 1. The third-order valence-corrected chi connectivity index (χ3v) is 6.06. The van der Waals surface area contributed by atoms with Crippen molar-refractivity contribution < 1.29 is 4.84 Å². The topological polar surface area (TPSA) is 56.1 Å². The summed E-state index contributed by atoms with van der Waals surface area (Å²) in [6.45, 7) is 8.96. The van der Waals surface area contributed by atoms with Gasteiger partial charge in [0.2, 0.25) is 0 Å². The fourth-order valence-electron chi connectivity index (χ4n) is 3.88. The van der Waals surface area contributed by atoms with Crippen LogP contribution >= 0.6 is 11.3 Å². The third-order valence-electron chi connectivity index (χ3n) is 5.14. The van der Waals surface area contributed by atoms with Crippen LogP contribution in [0, 0.1) is 0 Å². The largest absolute Gasteiger partial charge is 0.402 e. The van der Waals surface area contributed by atoms with Gasteiger partial charge in [-0.1, -0.05) is 0 Å². The first-order valence-corrected chi connectivity index (χ1v) is 10.1. The van der Waals surface area contributed by atoms with Gasteiger partial charge in [-0.25, -0.2) is 4.68 Å². The van der Waals surface area contributed by atoms with Gasteiger partial charge in [0.05, 0.1) is 27.8 Å². The van der Waals surface area contributed by atoms with E-state index in [0.29, 0.717) is 0 Å². The minimum atomic E-state index is -0.0437. The van der Waals surface area contributed by atoms with Crippen LogP contribution in [0.3, 0.4) is 0 Å². The van der Waals surface area contributed by atoms with E-state index in [1.807, 2.05) is 23.0 Å². The van der Waals surface area contributed by atoms with E-state index in [0.717, 1.165) is 34.8 Å². The summed E-state index contributed by atoms with van der Waals surface area (Å²) in [5.74, 6) is 0.738. The molecular formula is C20H25N5OS. The fraction of sp³-hybridized carbons (Fsp3) is 0.450.